The summed E-state index contributed by atoms with van der Waals surface area (Å²) in [6, 6.07) is 8.19. The van der Waals surface area contributed by atoms with Crippen LogP contribution in [0.1, 0.15) is 60.3 Å². The van der Waals surface area contributed by atoms with Crippen molar-refractivity contribution in [3.63, 3.8) is 0 Å². The van der Waals surface area contributed by atoms with E-state index in [0.29, 0.717) is 16.7 Å². The van der Waals surface area contributed by atoms with E-state index in [4.69, 9.17) is 4.74 Å². The zero-order chi connectivity index (χ0) is 17.9. The highest BCUT2D eigenvalue weighted by atomic mass is 16.5. The first-order valence-electron chi connectivity index (χ1n) is 7.68. The van der Waals surface area contributed by atoms with Crippen molar-refractivity contribution in [1.29, 1.82) is 0 Å². The fourth-order valence-electron chi connectivity index (χ4n) is 2.91. The topological polar surface area (TPSA) is 60.4 Å². The van der Waals surface area contributed by atoms with Crippen LogP contribution < -0.4 is 0 Å². The van der Waals surface area contributed by atoms with Crippen molar-refractivity contribution in [2.24, 2.45) is 0 Å². The molecule has 24 heavy (non-hydrogen) atoms. The summed E-state index contributed by atoms with van der Waals surface area (Å²) in [4.78, 5) is 34.6. The number of ketones is 1. The molecule has 0 aliphatic rings. The minimum atomic E-state index is -0.462. The fourth-order valence-corrected chi connectivity index (χ4v) is 2.91. The molecule has 0 aliphatic carbocycles. The summed E-state index contributed by atoms with van der Waals surface area (Å²) < 4.78 is 5.39. The summed E-state index contributed by atoms with van der Waals surface area (Å²) in [5.74, 6) is -0.460. The zero-order valence-electron chi connectivity index (χ0n) is 14.3. The lowest BCUT2D eigenvalue weighted by Gasteiger charge is -2.16. The van der Waals surface area contributed by atoms with Gasteiger partial charge in [-0.25, -0.2) is 4.79 Å². The number of carbonyl (C=O) groups excluding carboxylic acids is 3. The highest BCUT2D eigenvalue weighted by molar-refractivity contribution is 5.97. The molecule has 0 aliphatic heterocycles. The maximum Gasteiger partial charge on any atom is 0.338 e. The Kier molecular flexibility index (Phi) is 5.29. The molecule has 4 nitrogen and oxygen atoms in total. The average molecular weight is 324 g/mol. The van der Waals surface area contributed by atoms with Gasteiger partial charge in [0.15, 0.2) is 5.78 Å². The van der Waals surface area contributed by atoms with E-state index in [1.54, 1.807) is 24.3 Å². The van der Waals surface area contributed by atoms with Gasteiger partial charge in [-0.05, 0) is 62.1 Å². The van der Waals surface area contributed by atoms with Gasteiger partial charge in [-0.1, -0.05) is 18.2 Å². The van der Waals surface area contributed by atoms with Crippen LogP contribution in [-0.2, 0) is 11.3 Å². The molecule has 124 valence electrons. The molecule has 0 N–H and O–H groups in total. The first-order valence-corrected chi connectivity index (χ1v) is 7.68. The summed E-state index contributed by atoms with van der Waals surface area (Å²) in [6.07, 6.45) is 0.720. The van der Waals surface area contributed by atoms with Crippen LogP contribution in [0.5, 0.6) is 0 Å². The lowest BCUT2D eigenvalue weighted by molar-refractivity contribution is 0.0471. The molecule has 0 saturated heterocycles. The molecule has 4 heteroatoms. The number of ether oxygens (including phenoxy) is 1. The van der Waals surface area contributed by atoms with E-state index in [1.807, 2.05) is 26.8 Å². The number of carbonyl (C=O) groups is 3. The molecule has 0 amide bonds. The van der Waals surface area contributed by atoms with E-state index in [-0.39, 0.29) is 12.4 Å². The summed E-state index contributed by atoms with van der Waals surface area (Å²) in [7, 11) is 0. The van der Waals surface area contributed by atoms with Crippen LogP contribution in [0.3, 0.4) is 0 Å². The van der Waals surface area contributed by atoms with Crippen molar-refractivity contribution in [3.05, 3.63) is 69.3 Å². The fraction of sp³-hybridized carbons (Fsp3) is 0.250. The maximum atomic E-state index is 12.1. The minimum absolute atomic E-state index is 0.00188. The number of esters is 1. The molecule has 0 saturated carbocycles. The van der Waals surface area contributed by atoms with E-state index in [0.717, 1.165) is 28.5 Å². The van der Waals surface area contributed by atoms with Crippen molar-refractivity contribution >= 4 is 18.0 Å². The third-order valence-corrected chi connectivity index (χ3v) is 4.11. The van der Waals surface area contributed by atoms with Gasteiger partial charge in [-0.2, -0.15) is 0 Å². The Balaban J connectivity index is 2.22. The van der Waals surface area contributed by atoms with Crippen molar-refractivity contribution in [1.82, 2.24) is 0 Å². The monoisotopic (exact) mass is 324 g/mol. The van der Waals surface area contributed by atoms with Crippen LogP contribution in [0.15, 0.2) is 30.3 Å². The quantitative estimate of drug-likeness (QED) is 0.474. The van der Waals surface area contributed by atoms with E-state index in [9.17, 15) is 14.4 Å². The van der Waals surface area contributed by atoms with Crippen LogP contribution in [0.25, 0.3) is 0 Å². The Labute approximate surface area is 141 Å². The summed E-state index contributed by atoms with van der Waals surface area (Å²) in [6.45, 7) is 7.35. The van der Waals surface area contributed by atoms with Crippen molar-refractivity contribution in [2.45, 2.75) is 34.3 Å². The van der Waals surface area contributed by atoms with Crippen molar-refractivity contribution in [3.8, 4) is 0 Å². The molecule has 0 unspecified atom stereocenters. The van der Waals surface area contributed by atoms with Crippen LogP contribution in [0.4, 0.5) is 0 Å². The molecule has 0 spiro atoms. The van der Waals surface area contributed by atoms with Gasteiger partial charge < -0.3 is 4.74 Å². The van der Waals surface area contributed by atoms with Crippen LogP contribution in [0.2, 0.25) is 0 Å². The molecule has 2 aromatic carbocycles. The number of hydrogen-bond donors (Lipinski definition) is 0. The third kappa shape index (κ3) is 3.59. The Morgan fingerprint density at radius 2 is 1.67 bits per heavy atom. The van der Waals surface area contributed by atoms with Crippen molar-refractivity contribution in [2.75, 3.05) is 0 Å². The molecule has 0 aromatic heterocycles. The van der Waals surface area contributed by atoms with Crippen LogP contribution in [-0.4, -0.2) is 18.0 Å². The molecule has 2 rings (SSSR count). The van der Waals surface area contributed by atoms with Crippen molar-refractivity contribution < 1.29 is 19.1 Å². The highest BCUT2D eigenvalue weighted by Gasteiger charge is 2.16. The normalized spacial score (nSPS) is 10.3. The number of rotatable bonds is 5. The zero-order valence-corrected chi connectivity index (χ0v) is 14.3. The van der Waals surface area contributed by atoms with Crippen LogP contribution in [0, 0.1) is 20.8 Å². The third-order valence-electron chi connectivity index (χ3n) is 4.11. The Bertz CT molecular complexity index is 801. The van der Waals surface area contributed by atoms with Gasteiger partial charge in [-0.15, -0.1) is 0 Å². The molecule has 0 heterocycles. The van der Waals surface area contributed by atoms with E-state index in [2.05, 4.69) is 0 Å². The molecule has 0 fully saturated rings. The molecule has 0 atom stereocenters. The number of aldehydes is 1. The standard InChI is InChI=1S/C20H20O4/c1-12-9-13(2)19(15(4)22)14(3)18(12)11-24-20(23)17-7-5-16(10-21)6-8-17/h5-10H,11H2,1-4H3. The van der Waals surface area contributed by atoms with E-state index >= 15 is 0 Å². The smallest absolute Gasteiger partial charge is 0.338 e. The van der Waals surface area contributed by atoms with Gasteiger partial charge >= 0.3 is 5.97 Å². The van der Waals surface area contributed by atoms with E-state index < -0.39 is 5.97 Å². The average Bonchev–Trinajstić information content (AvgIpc) is 2.53. The minimum Gasteiger partial charge on any atom is -0.457 e. The molecule has 0 radical (unpaired) electrons. The number of aryl methyl sites for hydroxylation is 2. The first kappa shape index (κ1) is 17.6. The summed E-state index contributed by atoms with van der Waals surface area (Å²) in [5.41, 5.74) is 5.18. The van der Waals surface area contributed by atoms with Gasteiger partial charge in [0, 0.05) is 11.1 Å². The second-order valence-corrected chi connectivity index (χ2v) is 5.86. The highest BCUT2D eigenvalue weighted by Crippen LogP contribution is 2.24. The summed E-state index contributed by atoms with van der Waals surface area (Å²) in [5, 5.41) is 0. The largest absolute Gasteiger partial charge is 0.457 e. The summed E-state index contributed by atoms with van der Waals surface area (Å²) >= 11 is 0. The Morgan fingerprint density at radius 1 is 1.04 bits per heavy atom. The number of hydrogen-bond acceptors (Lipinski definition) is 4. The van der Waals surface area contributed by atoms with Gasteiger partial charge in [0.2, 0.25) is 0 Å². The molecular weight excluding hydrogens is 304 g/mol. The Morgan fingerprint density at radius 3 is 2.21 bits per heavy atom. The van der Waals surface area contributed by atoms with Crippen LogP contribution >= 0.6 is 0 Å². The molecular formula is C20H20O4. The Hall–Kier alpha value is -2.75. The molecule has 0 bridgehead atoms. The second-order valence-electron chi connectivity index (χ2n) is 5.86. The number of Topliss-reactive ketones (excluding diaryl/α,β-unsaturated/α-hetero) is 1. The van der Waals surface area contributed by atoms with Gasteiger partial charge in [-0.3, -0.25) is 9.59 Å². The van der Waals surface area contributed by atoms with Gasteiger partial charge in [0.25, 0.3) is 0 Å². The lowest BCUT2D eigenvalue weighted by atomic mass is 9.92. The first-order chi connectivity index (χ1) is 11.3. The van der Waals surface area contributed by atoms with Gasteiger partial charge in [0.05, 0.1) is 5.56 Å². The van der Waals surface area contributed by atoms with E-state index in [1.165, 1.54) is 6.92 Å². The number of benzene rings is 2. The predicted molar refractivity (Wildman–Crippen MR) is 91.6 cm³/mol. The SMILES string of the molecule is CC(=O)c1c(C)cc(C)c(COC(=O)c2ccc(C=O)cc2)c1C. The molecule has 2 aromatic rings. The predicted octanol–water partition coefficient (Wildman–Crippen LogP) is 3.98. The van der Waals surface area contributed by atoms with Gasteiger partial charge in [0.1, 0.15) is 12.9 Å². The maximum absolute atomic E-state index is 12.1. The lowest BCUT2D eigenvalue weighted by Crippen LogP contribution is -2.10. The second kappa shape index (κ2) is 7.21.